The minimum atomic E-state index is -0.863. The summed E-state index contributed by atoms with van der Waals surface area (Å²) in [6.07, 6.45) is 2.19. The number of hydrogen-bond donors (Lipinski definition) is 0. The average molecular weight is 320 g/mol. The number of benzene rings is 1. The van der Waals surface area contributed by atoms with Crippen molar-refractivity contribution in [2.24, 2.45) is 0 Å². The van der Waals surface area contributed by atoms with E-state index in [4.69, 9.17) is 0 Å². The maximum atomic E-state index is 13.6. The number of hydrogen-bond acceptors (Lipinski definition) is 1. The normalized spacial score (nSPS) is 15.7. The molecule has 1 saturated heterocycles. The smallest absolute Gasteiger partial charge is 0.173 e. The molecule has 1 aromatic carbocycles. The molecule has 0 saturated carbocycles. The van der Waals surface area contributed by atoms with Gasteiger partial charge < -0.3 is 0 Å². The summed E-state index contributed by atoms with van der Waals surface area (Å²) in [7, 11) is 0. The van der Waals surface area contributed by atoms with Crippen molar-refractivity contribution in [2.75, 3.05) is 26.3 Å². The van der Waals surface area contributed by atoms with E-state index in [-0.39, 0.29) is 16.7 Å². The van der Waals surface area contributed by atoms with Crippen LogP contribution in [-0.4, -0.2) is 31.2 Å². The zero-order chi connectivity index (χ0) is 13.1. The highest BCUT2D eigenvalue weighted by Crippen LogP contribution is 2.24. The third-order valence-electron chi connectivity index (χ3n) is 2.89. The van der Waals surface area contributed by atoms with Gasteiger partial charge in [0.05, 0.1) is 11.1 Å². The SMILES string of the molecule is FCCCN1CC(=Cc2ccc(Br)c(F)c2F)C1. The summed E-state index contributed by atoms with van der Waals surface area (Å²) in [4.78, 5) is 2.07. The largest absolute Gasteiger partial charge is 0.295 e. The van der Waals surface area contributed by atoms with Gasteiger partial charge in [0, 0.05) is 25.2 Å². The Bertz CT molecular complexity index is 466. The first kappa shape index (κ1) is 13.6. The molecule has 0 spiro atoms. The van der Waals surface area contributed by atoms with Gasteiger partial charge in [0.1, 0.15) is 0 Å². The number of halogens is 4. The van der Waals surface area contributed by atoms with Gasteiger partial charge in [0.25, 0.3) is 0 Å². The molecule has 0 bridgehead atoms. The molecule has 1 aliphatic heterocycles. The molecule has 1 aliphatic rings. The number of rotatable bonds is 4. The van der Waals surface area contributed by atoms with Crippen molar-refractivity contribution >= 4 is 22.0 Å². The Morgan fingerprint density at radius 1 is 1.22 bits per heavy atom. The Balaban J connectivity index is 2.01. The van der Waals surface area contributed by atoms with Crippen molar-refractivity contribution in [3.8, 4) is 0 Å². The molecular weight excluding hydrogens is 307 g/mol. The third-order valence-corrected chi connectivity index (χ3v) is 3.50. The molecule has 0 radical (unpaired) electrons. The van der Waals surface area contributed by atoms with Gasteiger partial charge in [-0.3, -0.25) is 9.29 Å². The van der Waals surface area contributed by atoms with Gasteiger partial charge in [0.15, 0.2) is 11.6 Å². The fraction of sp³-hybridized carbons (Fsp3) is 0.385. The van der Waals surface area contributed by atoms with Gasteiger partial charge in [-0.25, -0.2) is 8.78 Å². The van der Waals surface area contributed by atoms with E-state index in [2.05, 4.69) is 20.8 Å². The summed E-state index contributed by atoms with van der Waals surface area (Å²) >= 11 is 2.94. The first-order valence-electron chi connectivity index (χ1n) is 5.73. The minimum absolute atomic E-state index is 0.125. The third kappa shape index (κ3) is 2.95. The Hall–Kier alpha value is -0.810. The van der Waals surface area contributed by atoms with Gasteiger partial charge in [-0.15, -0.1) is 0 Å². The van der Waals surface area contributed by atoms with Crippen LogP contribution >= 0.6 is 15.9 Å². The predicted molar refractivity (Wildman–Crippen MR) is 69.1 cm³/mol. The molecule has 1 nitrogen and oxygen atoms in total. The number of likely N-dealkylation sites (tertiary alicyclic amines) is 1. The van der Waals surface area contributed by atoms with Crippen LogP contribution in [0.4, 0.5) is 13.2 Å². The molecule has 0 aliphatic carbocycles. The van der Waals surface area contributed by atoms with E-state index in [9.17, 15) is 13.2 Å². The topological polar surface area (TPSA) is 3.24 Å². The van der Waals surface area contributed by atoms with Crippen LogP contribution in [0.1, 0.15) is 12.0 Å². The van der Waals surface area contributed by atoms with Crippen molar-refractivity contribution in [3.05, 3.63) is 39.4 Å². The first-order chi connectivity index (χ1) is 8.61. The molecule has 0 aromatic heterocycles. The van der Waals surface area contributed by atoms with Gasteiger partial charge in [-0.1, -0.05) is 12.1 Å². The molecule has 0 unspecified atom stereocenters. The number of nitrogens with zero attached hydrogens (tertiary/aromatic N) is 1. The monoisotopic (exact) mass is 319 g/mol. The molecule has 0 atom stereocenters. The highest BCUT2D eigenvalue weighted by Gasteiger charge is 2.20. The Labute approximate surface area is 112 Å². The molecule has 1 heterocycles. The molecule has 18 heavy (non-hydrogen) atoms. The Morgan fingerprint density at radius 3 is 2.61 bits per heavy atom. The fourth-order valence-corrected chi connectivity index (χ4v) is 2.24. The molecule has 1 fully saturated rings. The lowest BCUT2D eigenvalue weighted by molar-refractivity contribution is 0.239. The highest BCUT2D eigenvalue weighted by molar-refractivity contribution is 9.10. The lowest BCUT2D eigenvalue weighted by Gasteiger charge is -2.33. The van der Waals surface area contributed by atoms with E-state index >= 15 is 0 Å². The van der Waals surface area contributed by atoms with Gasteiger partial charge >= 0.3 is 0 Å². The standard InChI is InChI=1S/C13H13BrF3N/c14-11-3-2-10(12(16)13(11)17)6-9-7-18(8-9)5-1-4-15/h2-3,6H,1,4-5,7-8H2. The van der Waals surface area contributed by atoms with Gasteiger partial charge in [0.2, 0.25) is 0 Å². The van der Waals surface area contributed by atoms with Crippen LogP contribution in [0.3, 0.4) is 0 Å². The van der Waals surface area contributed by atoms with Crippen molar-refractivity contribution in [3.63, 3.8) is 0 Å². The molecule has 0 N–H and O–H groups in total. The quantitative estimate of drug-likeness (QED) is 0.763. The molecule has 2 rings (SSSR count). The van der Waals surface area contributed by atoms with E-state index in [0.717, 1.165) is 5.57 Å². The summed E-state index contributed by atoms with van der Waals surface area (Å²) < 4.78 is 39.0. The zero-order valence-electron chi connectivity index (χ0n) is 9.73. The maximum absolute atomic E-state index is 13.6. The van der Waals surface area contributed by atoms with Gasteiger partial charge in [-0.05, 0) is 34.0 Å². The van der Waals surface area contributed by atoms with Crippen LogP contribution in [0.25, 0.3) is 6.08 Å². The average Bonchev–Trinajstić information content (AvgIpc) is 2.31. The van der Waals surface area contributed by atoms with Crippen molar-refractivity contribution < 1.29 is 13.2 Å². The van der Waals surface area contributed by atoms with Crippen molar-refractivity contribution in [1.82, 2.24) is 4.90 Å². The second-order valence-electron chi connectivity index (χ2n) is 4.32. The fourth-order valence-electron chi connectivity index (χ4n) is 1.93. The van der Waals surface area contributed by atoms with Crippen molar-refractivity contribution in [2.45, 2.75) is 6.42 Å². The summed E-state index contributed by atoms with van der Waals surface area (Å²) in [6.45, 7) is 1.81. The van der Waals surface area contributed by atoms with Crippen LogP contribution in [-0.2, 0) is 0 Å². The van der Waals surface area contributed by atoms with E-state index < -0.39 is 11.6 Å². The molecule has 98 valence electrons. The second kappa shape index (κ2) is 5.89. The zero-order valence-corrected chi connectivity index (χ0v) is 11.3. The van der Waals surface area contributed by atoms with Crippen LogP contribution in [0, 0.1) is 11.6 Å². The van der Waals surface area contributed by atoms with E-state index in [0.29, 0.717) is 26.1 Å². The van der Waals surface area contributed by atoms with E-state index in [1.807, 2.05) is 0 Å². The second-order valence-corrected chi connectivity index (χ2v) is 5.17. The van der Waals surface area contributed by atoms with Crippen LogP contribution < -0.4 is 0 Å². The summed E-state index contributed by atoms with van der Waals surface area (Å²) in [5, 5.41) is 0. The first-order valence-corrected chi connectivity index (χ1v) is 6.52. The summed E-state index contributed by atoms with van der Waals surface area (Å²) in [6, 6.07) is 3.03. The summed E-state index contributed by atoms with van der Waals surface area (Å²) in [5.41, 5.74) is 1.30. The molecule has 5 heteroatoms. The van der Waals surface area contributed by atoms with Crippen LogP contribution in [0.15, 0.2) is 22.2 Å². The molecular formula is C13H13BrF3N. The summed E-state index contributed by atoms with van der Waals surface area (Å²) in [5.74, 6) is -1.70. The predicted octanol–water partition coefficient (Wildman–Crippen LogP) is 3.79. The lowest BCUT2D eigenvalue weighted by atomic mass is 10.0. The maximum Gasteiger partial charge on any atom is 0.173 e. The van der Waals surface area contributed by atoms with Crippen LogP contribution in [0.2, 0.25) is 0 Å². The number of alkyl halides is 1. The Morgan fingerprint density at radius 2 is 1.94 bits per heavy atom. The minimum Gasteiger partial charge on any atom is -0.295 e. The van der Waals surface area contributed by atoms with Crippen LogP contribution in [0.5, 0.6) is 0 Å². The van der Waals surface area contributed by atoms with E-state index in [1.165, 1.54) is 6.07 Å². The van der Waals surface area contributed by atoms with Gasteiger partial charge in [-0.2, -0.15) is 0 Å². The highest BCUT2D eigenvalue weighted by atomic mass is 79.9. The van der Waals surface area contributed by atoms with E-state index in [1.54, 1.807) is 12.1 Å². The molecule has 0 amide bonds. The van der Waals surface area contributed by atoms with Crippen molar-refractivity contribution in [1.29, 1.82) is 0 Å². The lowest BCUT2D eigenvalue weighted by Crippen LogP contribution is -2.40. The molecule has 1 aromatic rings. The Kier molecular flexibility index (Phi) is 4.45.